The molecule has 0 aliphatic carbocycles. The Morgan fingerprint density at radius 2 is 1.95 bits per heavy atom. The van der Waals surface area contributed by atoms with E-state index in [-0.39, 0.29) is 11.3 Å². The first-order valence-corrected chi connectivity index (χ1v) is 6.06. The average Bonchev–Trinajstić information content (AvgIpc) is 2.47. The summed E-state index contributed by atoms with van der Waals surface area (Å²) in [4.78, 5) is 0. The molecule has 0 aliphatic rings. The van der Waals surface area contributed by atoms with E-state index in [4.69, 9.17) is 10.00 Å². The van der Waals surface area contributed by atoms with Crippen molar-refractivity contribution in [2.75, 3.05) is 7.11 Å². The van der Waals surface area contributed by atoms with Crippen molar-refractivity contribution >= 4 is 0 Å². The Morgan fingerprint density at radius 3 is 2.60 bits per heavy atom. The summed E-state index contributed by atoms with van der Waals surface area (Å²) in [6.07, 6.45) is 0. The monoisotopic (exact) mass is 271 g/mol. The standard InChI is InChI=1S/C16H14FNO2/c1-16(19,12-6-3-5-11(9-12)10-18)13-7-4-8-14(20-2)15(13)17/h3-9,19H,1-2H3. The van der Waals surface area contributed by atoms with Crippen LogP contribution < -0.4 is 4.74 Å². The second-order valence-electron chi connectivity index (χ2n) is 4.59. The number of halogens is 1. The highest BCUT2D eigenvalue weighted by atomic mass is 19.1. The summed E-state index contributed by atoms with van der Waals surface area (Å²) >= 11 is 0. The molecular formula is C16H14FNO2. The Morgan fingerprint density at radius 1 is 1.25 bits per heavy atom. The number of hydrogen-bond acceptors (Lipinski definition) is 3. The molecule has 1 unspecified atom stereocenters. The Labute approximate surface area is 116 Å². The first kappa shape index (κ1) is 14.0. The normalized spacial score (nSPS) is 13.3. The van der Waals surface area contributed by atoms with Crippen LogP contribution in [0.3, 0.4) is 0 Å². The highest BCUT2D eigenvalue weighted by molar-refractivity contribution is 5.43. The summed E-state index contributed by atoms with van der Waals surface area (Å²) in [7, 11) is 1.37. The second-order valence-corrected chi connectivity index (χ2v) is 4.59. The van der Waals surface area contributed by atoms with Gasteiger partial charge in [0.15, 0.2) is 11.6 Å². The van der Waals surface area contributed by atoms with Gasteiger partial charge in [0, 0.05) is 5.56 Å². The molecule has 2 aromatic carbocycles. The van der Waals surface area contributed by atoms with Crippen LogP contribution in [0.25, 0.3) is 0 Å². The van der Waals surface area contributed by atoms with E-state index in [9.17, 15) is 9.50 Å². The van der Waals surface area contributed by atoms with Crippen LogP contribution in [0.15, 0.2) is 42.5 Å². The maximum atomic E-state index is 14.3. The van der Waals surface area contributed by atoms with Crippen LogP contribution in [-0.2, 0) is 5.60 Å². The van der Waals surface area contributed by atoms with Gasteiger partial charge >= 0.3 is 0 Å². The number of ether oxygens (including phenoxy) is 1. The van der Waals surface area contributed by atoms with Crippen LogP contribution in [0, 0.1) is 17.1 Å². The predicted octanol–water partition coefficient (Wildman–Crippen LogP) is 2.96. The van der Waals surface area contributed by atoms with Gasteiger partial charge in [0.25, 0.3) is 0 Å². The molecule has 0 spiro atoms. The molecule has 0 fully saturated rings. The molecule has 0 aliphatic heterocycles. The molecule has 1 atom stereocenters. The second kappa shape index (κ2) is 5.32. The minimum Gasteiger partial charge on any atom is -0.494 e. The lowest BCUT2D eigenvalue weighted by molar-refractivity contribution is 0.0972. The first-order valence-electron chi connectivity index (χ1n) is 6.06. The quantitative estimate of drug-likeness (QED) is 0.933. The van der Waals surface area contributed by atoms with Gasteiger partial charge in [0.05, 0.1) is 18.7 Å². The Bertz CT molecular complexity index is 674. The van der Waals surface area contributed by atoms with Crippen LogP contribution in [0.2, 0.25) is 0 Å². The van der Waals surface area contributed by atoms with Crippen LogP contribution >= 0.6 is 0 Å². The van der Waals surface area contributed by atoms with Gasteiger partial charge in [0.1, 0.15) is 5.60 Å². The molecule has 4 heteroatoms. The number of hydrogen-bond donors (Lipinski definition) is 1. The van der Waals surface area contributed by atoms with Crippen molar-refractivity contribution in [3.8, 4) is 11.8 Å². The third kappa shape index (κ3) is 2.36. The largest absolute Gasteiger partial charge is 0.494 e. The predicted molar refractivity (Wildman–Crippen MR) is 72.8 cm³/mol. The summed E-state index contributed by atoms with van der Waals surface area (Å²) in [5.74, 6) is -0.540. The van der Waals surface area contributed by atoms with Crippen LogP contribution in [0.4, 0.5) is 4.39 Å². The van der Waals surface area contributed by atoms with E-state index in [1.807, 2.05) is 6.07 Å². The topological polar surface area (TPSA) is 53.2 Å². The van der Waals surface area contributed by atoms with Crippen molar-refractivity contribution < 1.29 is 14.2 Å². The van der Waals surface area contributed by atoms with Gasteiger partial charge in [-0.05, 0) is 30.7 Å². The first-order chi connectivity index (χ1) is 9.50. The smallest absolute Gasteiger partial charge is 0.171 e. The van der Waals surface area contributed by atoms with E-state index in [0.29, 0.717) is 11.1 Å². The van der Waals surface area contributed by atoms with Gasteiger partial charge < -0.3 is 9.84 Å². The molecule has 20 heavy (non-hydrogen) atoms. The van der Waals surface area contributed by atoms with Gasteiger partial charge in [-0.2, -0.15) is 5.26 Å². The third-order valence-electron chi connectivity index (χ3n) is 3.26. The van der Waals surface area contributed by atoms with Crippen molar-refractivity contribution in [2.45, 2.75) is 12.5 Å². The van der Waals surface area contributed by atoms with Crippen LogP contribution in [0.5, 0.6) is 5.75 Å². The lowest BCUT2D eigenvalue weighted by Gasteiger charge is -2.25. The molecular weight excluding hydrogens is 257 g/mol. The van der Waals surface area contributed by atoms with Gasteiger partial charge in [-0.15, -0.1) is 0 Å². The zero-order chi connectivity index (χ0) is 14.8. The SMILES string of the molecule is COc1cccc(C(C)(O)c2cccc(C#N)c2)c1F. The van der Waals surface area contributed by atoms with E-state index in [1.165, 1.54) is 26.2 Å². The molecule has 0 heterocycles. The van der Waals surface area contributed by atoms with E-state index in [2.05, 4.69) is 0 Å². The number of rotatable bonds is 3. The van der Waals surface area contributed by atoms with Crippen molar-refractivity contribution in [3.63, 3.8) is 0 Å². The minimum absolute atomic E-state index is 0.0687. The van der Waals surface area contributed by atoms with E-state index < -0.39 is 11.4 Å². The molecule has 3 nitrogen and oxygen atoms in total. The Kier molecular flexibility index (Phi) is 3.73. The Balaban J connectivity index is 2.57. The maximum absolute atomic E-state index is 14.3. The number of nitriles is 1. The maximum Gasteiger partial charge on any atom is 0.171 e. The van der Waals surface area contributed by atoms with E-state index in [1.54, 1.807) is 30.3 Å². The highest BCUT2D eigenvalue weighted by Gasteiger charge is 2.30. The van der Waals surface area contributed by atoms with Gasteiger partial charge in [-0.1, -0.05) is 24.3 Å². The highest BCUT2D eigenvalue weighted by Crippen LogP contribution is 2.34. The molecule has 0 bridgehead atoms. The lowest BCUT2D eigenvalue weighted by Crippen LogP contribution is -2.24. The van der Waals surface area contributed by atoms with E-state index in [0.717, 1.165) is 0 Å². The number of nitrogens with zero attached hydrogens (tertiary/aromatic N) is 1. The molecule has 0 saturated heterocycles. The van der Waals surface area contributed by atoms with E-state index >= 15 is 0 Å². The van der Waals surface area contributed by atoms with Crippen LogP contribution in [0.1, 0.15) is 23.6 Å². The fourth-order valence-corrected chi connectivity index (χ4v) is 2.09. The van der Waals surface area contributed by atoms with Crippen LogP contribution in [-0.4, -0.2) is 12.2 Å². The molecule has 0 saturated carbocycles. The fourth-order valence-electron chi connectivity index (χ4n) is 2.09. The summed E-state index contributed by atoms with van der Waals surface area (Å²) in [5, 5.41) is 19.6. The van der Waals surface area contributed by atoms with Crippen molar-refractivity contribution in [1.82, 2.24) is 0 Å². The Hall–Kier alpha value is -2.38. The summed E-state index contributed by atoms with van der Waals surface area (Å²) in [6.45, 7) is 1.49. The average molecular weight is 271 g/mol. The molecule has 1 N–H and O–H groups in total. The van der Waals surface area contributed by atoms with Gasteiger partial charge in [0.2, 0.25) is 0 Å². The minimum atomic E-state index is -1.55. The molecule has 2 rings (SSSR count). The van der Waals surface area contributed by atoms with Crippen molar-refractivity contribution in [2.24, 2.45) is 0 Å². The fraction of sp³-hybridized carbons (Fsp3) is 0.188. The number of benzene rings is 2. The van der Waals surface area contributed by atoms with Crippen molar-refractivity contribution in [1.29, 1.82) is 5.26 Å². The van der Waals surface area contributed by atoms with Gasteiger partial charge in [-0.3, -0.25) is 0 Å². The zero-order valence-electron chi connectivity index (χ0n) is 11.2. The summed E-state index contributed by atoms with van der Waals surface area (Å²) < 4.78 is 19.2. The molecule has 0 radical (unpaired) electrons. The van der Waals surface area contributed by atoms with Gasteiger partial charge in [-0.25, -0.2) is 4.39 Å². The molecule has 0 aromatic heterocycles. The number of methoxy groups -OCH3 is 1. The summed E-state index contributed by atoms with van der Waals surface area (Å²) in [6, 6.07) is 13.1. The van der Waals surface area contributed by atoms with Crippen molar-refractivity contribution in [3.05, 3.63) is 65.0 Å². The molecule has 102 valence electrons. The summed E-state index contributed by atoms with van der Waals surface area (Å²) in [5.41, 5.74) is -0.590. The zero-order valence-corrected chi connectivity index (χ0v) is 11.2. The number of aliphatic hydroxyl groups is 1. The molecule has 0 amide bonds. The molecule has 2 aromatic rings. The third-order valence-corrected chi connectivity index (χ3v) is 3.26. The lowest BCUT2D eigenvalue weighted by atomic mass is 9.87.